The molecule has 1 aliphatic heterocycles. The smallest absolute Gasteiger partial charge is 0.216 e. The summed E-state index contributed by atoms with van der Waals surface area (Å²) in [5, 5.41) is 8.02. The minimum atomic E-state index is -3.49. The Bertz CT molecular complexity index is 740. The van der Waals surface area contributed by atoms with Crippen LogP contribution in [0.1, 0.15) is 23.6 Å². The maximum atomic E-state index is 12.8. The first-order chi connectivity index (χ1) is 10.0. The second-order valence-corrected chi connectivity index (χ2v) is 6.80. The molecule has 8 heteroatoms. The highest BCUT2D eigenvalue weighted by Crippen LogP contribution is 2.14. The lowest BCUT2D eigenvalue weighted by molar-refractivity contribution is 0.574. The van der Waals surface area contributed by atoms with Crippen LogP contribution in [0.3, 0.4) is 0 Å². The average molecular weight is 310 g/mol. The number of aromatic nitrogens is 3. The Morgan fingerprint density at radius 2 is 2.00 bits per heavy atom. The summed E-state index contributed by atoms with van der Waals surface area (Å²) in [6, 6.07) is 5.42. The maximum absolute atomic E-state index is 12.8. The Kier molecular flexibility index (Phi) is 3.73. The zero-order valence-electron chi connectivity index (χ0n) is 11.3. The van der Waals surface area contributed by atoms with Gasteiger partial charge in [0.1, 0.15) is 17.5 Å². The van der Waals surface area contributed by atoms with Crippen LogP contribution in [0.25, 0.3) is 0 Å². The molecule has 0 atom stereocenters. The predicted octanol–water partition coefficient (Wildman–Crippen LogP) is 0.983. The van der Waals surface area contributed by atoms with Gasteiger partial charge in [0.2, 0.25) is 10.0 Å². The third kappa shape index (κ3) is 3.27. The molecule has 1 aliphatic rings. The van der Waals surface area contributed by atoms with Crippen LogP contribution < -0.4 is 4.72 Å². The van der Waals surface area contributed by atoms with Crippen molar-refractivity contribution in [2.24, 2.45) is 0 Å². The lowest BCUT2D eigenvalue weighted by atomic mass is 10.2. The van der Waals surface area contributed by atoms with E-state index < -0.39 is 10.0 Å². The van der Waals surface area contributed by atoms with Gasteiger partial charge in [-0.3, -0.25) is 0 Å². The van der Waals surface area contributed by atoms with Crippen molar-refractivity contribution < 1.29 is 12.8 Å². The largest absolute Gasteiger partial charge is 0.314 e. The molecular weight excluding hydrogens is 295 g/mol. The molecule has 1 aromatic carbocycles. The minimum absolute atomic E-state index is 0.122. The zero-order valence-corrected chi connectivity index (χ0v) is 12.1. The summed E-state index contributed by atoms with van der Waals surface area (Å²) in [5.74, 6) is 0.963. The van der Waals surface area contributed by atoms with E-state index in [1.165, 1.54) is 24.3 Å². The molecule has 0 bridgehead atoms. The molecule has 0 fully saturated rings. The topological polar surface area (TPSA) is 76.9 Å². The number of sulfonamides is 1. The van der Waals surface area contributed by atoms with E-state index in [-0.39, 0.29) is 18.1 Å². The fraction of sp³-hybridized carbons (Fsp3) is 0.385. The first-order valence-corrected chi connectivity index (χ1v) is 8.31. The number of nitrogens with zero attached hydrogens (tertiary/aromatic N) is 3. The lowest BCUT2D eigenvalue weighted by Crippen LogP contribution is -2.26. The summed E-state index contributed by atoms with van der Waals surface area (Å²) in [6.07, 6.45) is 1.90. The second kappa shape index (κ2) is 5.53. The van der Waals surface area contributed by atoms with E-state index in [1.54, 1.807) is 0 Å². The highest BCUT2D eigenvalue weighted by molar-refractivity contribution is 7.88. The van der Waals surface area contributed by atoms with E-state index >= 15 is 0 Å². The standard InChI is InChI=1S/C13H15FN4O2S/c14-11-5-3-10(4-6-11)9-21(19,20)15-8-13-17-16-12-2-1-7-18(12)13/h3-6,15H,1-2,7-9H2. The summed E-state index contributed by atoms with van der Waals surface area (Å²) in [7, 11) is -3.49. The molecule has 0 spiro atoms. The van der Waals surface area contributed by atoms with Gasteiger partial charge >= 0.3 is 0 Å². The van der Waals surface area contributed by atoms with Crippen molar-refractivity contribution in [3.8, 4) is 0 Å². The van der Waals surface area contributed by atoms with Gasteiger partial charge in [-0.25, -0.2) is 17.5 Å². The highest BCUT2D eigenvalue weighted by Gasteiger charge is 2.19. The number of nitrogens with one attached hydrogen (secondary N) is 1. The van der Waals surface area contributed by atoms with E-state index in [2.05, 4.69) is 14.9 Å². The fourth-order valence-electron chi connectivity index (χ4n) is 2.37. The molecule has 0 aliphatic carbocycles. The number of hydrogen-bond donors (Lipinski definition) is 1. The quantitative estimate of drug-likeness (QED) is 0.893. The Hall–Kier alpha value is -1.80. The Morgan fingerprint density at radius 3 is 2.76 bits per heavy atom. The van der Waals surface area contributed by atoms with Crippen molar-refractivity contribution in [1.82, 2.24) is 19.5 Å². The molecule has 2 aromatic rings. The van der Waals surface area contributed by atoms with Crippen LogP contribution in [0.15, 0.2) is 24.3 Å². The van der Waals surface area contributed by atoms with Crippen molar-refractivity contribution in [2.75, 3.05) is 0 Å². The van der Waals surface area contributed by atoms with Crippen molar-refractivity contribution >= 4 is 10.0 Å². The van der Waals surface area contributed by atoms with Crippen LogP contribution in [-0.2, 0) is 35.3 Å². The normalized spacial score (nSPS) is 14.3. The predicted molar refractivity (Wildman–Crippen MR) is 74.2 cm³/mol. The molecular formula is C13H15FN4O2S. The number of halogens is 1. The second-order valence-electron chi connectivity index (χ2n) is 4.99. The number of benzene rings is 1. The van der Waals surface area contributed by atoms with Gasteiger partial charge in [0.25, 0.3) is 0 Å². The van der Waals surface area contributed by atoms with Crippen LogP contribution in [0, 0.1) is 5.82 Å². The monoisotopic (exact) mass is 310 g/mol. The molecule has 0 amide bonds. The van der Waals surface area contributed by atoms with Gasteiger partial charge in [-0.2, -0.15) is 0 Å². The van der Waals surface area contributed by atoms with Crippen molar-refractivity contribution in [3.63, 3.8) is 0 Å². The maximum Gasteiger partial charge on any atom is 0.216 e. The van der Waals surface area contributed by atoms with Gasteiger partial charge in [-0.1, -0.05) is 12.1 Å². The van der Waals surface area contributed by atoms with Gasteiger partial charge in [0.15, 0.2) is 0 Å². The van der Waals surface area contributed by atoms with Crippen LogP contribution >= 0.6 is 0 Å². The SMILES string of the molecule is O=S(=O)(Cc1ccc(F)cc1)NCc1nnc2n1CCC2. The molecule has 1 N–H and O–H groups in total. The molecule has 21 heavy (non-hydrogen) atoms. The van der Waals surface area contributed by atoms with Crippen LogP contribution in [0.4, 0.5) is 4.39 Å². The molecule has 112 valence electrons. The Labute approximate surface area is 122 Å². The first kappa shape index (κ1) is 14.2. The van der Waals surface area contributed by atoms with E-state index in [0.29, 0.717) is 11.4 Å². The van der Waals surface area contributed by atoms with Gasteiger partial charge in [-0.05, 0) is 24.1 Å². The third-order valence-corrected chi connectivity index (χ3v) is 4.70. The number of aryl methyl sites for hydroxylation is 1. The molecule has 0 radical (unpaired) electrons. The van der Waals surface area contributed by atoms with E-state index in [9.17, 15) is 12.8 Å². The molecule has 0 saturated carbocycles. The number of rotatable bonds is 5. The molecule has 2 heterocycles. The summed E-state index contributed by atoms with van der Waals surface area (Å²) >= 11 is 0. The average Bonchev–Trinajstić information content (AvgIpc) is 3.02. The van der Waals surface area contributed by atoms with Crippen molar-refractivity contribution in [2.45, 2.75) is 31.7 Å². The van der Waals surface area contributed by atoms with Gasteiger partial charge in [0.05, 0.1) is 12.3 Å². The van der Waals surface area contributed by atoms with Gasteiger partial charge in [-0.15, -0.1) is 10.2 Å². The molecule has 0 saturated heterocycles. The van der Waals surface area contributed by atoms with Crippen molar-refractivity contribution in [3.05, 3.63) is 47.3 Å². The fourth-order valence-corrected chi connectivity index (χ4v) is 3.45. The Balaban J connectivity index is 1.64. The van der Waals surface area contributed by atoms with Crippen LogP contribution in [-0.4, -0.2) is 23.2 Å². The van der Waals surface area contributed by atoms with Crippen molar-refractivity contribution in [1.29, 1.82) is 0 Å². The first-order valence-electron chi connectivity index (χ1n) is 6.66. The number of hydrogen-bond acceptors (Lipinski definition) is 4. The lowest BCUT2D eigenvalue weighted by Gasteiger charge is -2.07. The minimum Gasteiger partial charge on any atom is -0.314 e. The van der Waals surface area contributed by atoms with E-state index in [0.717, 1.165) is 25.2 Å². The van der Waals surface area contributed by atoms with Crippen LogP contribution in [0.2, 0.25) is 0 Å². The highest BCUT2D eigenvalue weighted by atomic mass is 32.2. The molecule has 1 aromatic heterocycles. The molecule has 3 rings (SSSR count). The van der Waals surface area contributed by atoms with Crippen LogP contribution in [0.5, 0.6) is 0 Å². The summed E-state index contributed by atoms with van der Waals surface area (Å²) in [5.41, 5.74) is 0.537. The summed E-state index contributed by atoms with van der Waals surface area (Å²) < 4.78 is 41.3. The third-order valence-electron chi connectivity index (χ3n) is 3.41. The summed E-state index contributed by atoms with van der Waals surface area (Å²) in [4.78, 5) is 0. The number of fused-ring (bicyclic) bond motifs is 1. The molecule has 0 unspecified atom stereocenters. The molecule has 6 nitrogen and oxygen atoms in total. The zero-order chi connectivity index (χ0) is 14.9. The van der Waals surface area contributed by atoms with E-state index in [4.69, 9.17) is 0 Å². The van der Waals surface area contributed by atoms with Gasteiger partial charge < -0.3 is 4.57 Å². The van der Waals surface area contributed by atoms with E-state index in [1.807, 2.05) is 4.57 Å². The Morgan fingerprint density at radius 1 is 1.24 bits per heavy atom. The summed E-state index contributed by atoms with van der Waals surface area (Å²) in [6.45, 7) is 0.952. The van der Waals surface area contributed by atoms with Gasteiger partial charge in [0, 0.05) is 13.0 Å².